The average Bonchev–Trinajstić information content (AvgIpc) is 2.17. The topological polar surface area (TPSA) is 59.6 Å². The molecule has 0 saturated carbocycles. The number of methoxy groups -OCH3 is 1. The summed E-state index contributed by atoms with van der Waals surface area (Å²) in [6.07, 6.45) is 0.0922. The number of rotatable bonds is 4. The van der Waals surface area contributed by atoms with Gasteiger partial charge in [0, 0.05) is 26.7 Å². The van der Waals surface area contributed by atoms with Crippen LogP contribution >= 0.6 is 0 Å². The van der Waals surface area contributed by atoms with Crippen molar-refractivity contribution in [3.05, 3.63) is 0 Å². The number of hydrogen-bond acceptors (Lipinski definition) is 4. The number of carbonyl (C=O) groups excluding carboxylic acids is 1. The van der Waals surface area contributed by atoms with Crippen molar-refractivity contribution < 1.29 is 14.3 Å². The Bertz CT molecular complexity index is 157. The second-order valence-corrected chi connectivity index (χ2v) is 2.93. The van der Waals surface area contributed by atoms with E-state index in [1.54, 1.807) is 0 Å². The van der Waals surface area contributed by atoms with E-state index in [-0.39, 0.29) is 18.6 Å². The van der Waals surface area contributed by atoms with Gasteiger partial charge in [-0.2, -0.15) is 0 Å². The molecule has 76 valence electrons. The summed E-state index contributed by atoms with van der Waals surface area (Å²) in [7, 11) is 1.50. The van der Waals surface area contributed by atoms with Crippen LogP contribution in [0.25, 0.3) is 0 Å². The van der Waals surface area contributed by atoms with Gasteiger partial charge in [0.05, 0.1) is 12.7 Å². The summed E-state index contributed by atoms with van der Waals surface area (Å²) in [6.45, 7) is 3.07. The predicted molar refractivity (Wildman–Crippen MR) is 47.5 cm³/mol. The van der Waals surface area contributed by atoms with Crippen molar-refractivity contribution in [2.75, 3.05) is 40.0 Å². The minimum Gasteiger partial charge on any atom is -0.375 e. The third-order valence-corrected chi connectivity index (χ3v) is 1.81. The Balaban J connectivity index is 2.06. The summed E-state index contributed by atoms with van der Waals surface area (Å²) >= 11 is 0. The fourth-order valence-electron chi connectivity index (χ4n) is 1.16. The van der Waals surface area contributed by atoms with Gasteiger partial charge in [-0.05, 0) is 0 Å². The van der Waals surface area contributed by atoms with E-state index < -0.39 is 0 Å². The lowest BCUT2D eigenvalue weighted by Gasteiger charge is -2.23. The van der Waals surface area contributed by atoms with Gasteiger partial charge in [-0.25, -0.2) is 0 Å². The molecule has 5 nitrogen and oxygen atoms in total. The molecule has 0 radical (unpaired) electrons. The van der Waals surface area contributed by atoms with Crippen molar-refractivity contribution in [3.63, 3.8) is 0 Å². The standard InChI is InChI=1S/C8H16N2O3/c1-12-6-8(11)10-5-7-4-9-2-3-13-7/h7,9H,2-6H2,1H3,(H,10,11). The molecule has 0 aromatic heterocycles. The third kappa shape index (κ3) is 4.21. The Morgan fingerprint density at radius 2 is 2.62 bits per heavy atom. The van der Waals surface area contributed by atoms with Crippen molar-refractivity contribution in [2.45, 2.75) is 6.10 Å². The second kappa shape index (κ2) is 5.90. The zero-order chi connectivity index (χ0) is 9.52. The minimum atomic E-state index is -0.100. The summed E-state index contributed by atoms with van der Waals surface area (Å²) in [4.78, 5) is 11.0. The molecule has 1 aliphatic rings. The molecular formula is C8H16N2O3. The molecule has 1 unspecified atom stereocenters. The molecule has 0 aromatic rings. The Hall–Kier alpha value is -0.650. The molecule has 0 spiro atoms. The first kappa shape index (κ1) is 10.4. The molecular weight excluding hydrogens is 172 g/mol. The number of carbonyl (C=O) groups is 1. The van der Waals surface area contributed by atoms with E-state index in [2.05, 4.69) is 15.4 Å². The lowest BCUT2D eigenvalue weighted by molar-refractivity contribution is -0.125. The van der Waals surface area contributed by atoms with E-state index in [4.69, 9.17) is 4.74 Å². The average molecular weight is 188 g/mol. The molecule has 1 atom stereocenters. The second-order valence-electron chi connectivity index (χ2n) is 2.93. The molecule has 5 heteroatoms. The van der Waals surface area contributed by atoms with Gasteiger partial charge in [-0.1, -0.05) is 0 Å². The van der Waals surface area contributed by atoms with E-state index in [9.17, 15) is 4.79 Å². The largest absolute Gasteiger partial charge is 0.375 e. The zero-order valence-corrected chi connectivity index (χ0v) is 7.84. The highest BCUT2D eigenvalue weighted by molar-refractivity contribution is 5.77. The molecule has 1 rings (SSSR count). The SMILES string of the molecule is COCC(=O)NCC1CNCCO1. The summed E-state index contributed by atoms with van der Waals surface area (Å²) in [5.74, 6) is -0.100. The fraction of sp³-hybridized carbons (Fsp3) is 0.875. The van der Waals surface area contributed by atoms with Gasteiger partial charge in [0.2, 0.25) is 5.91 Å². The number of nitrogens with one attached hydrogen (secondary N) is 2. The molecule has 1 amide bonds. The first-order valence-corrected chi connectivity index (χ1v) is 4.41. The van der Waals surface area contributed by atoms with Gasteiger partial charge in [-0.3, -0.25) is 4.79 Å². The van der Waals surface area contributed by atoms with Gasteiger partial charge in [0.15, 0.2) is 0 Å². The molecule has 0 aliphatic carbocycles. The van der Waals surface area contributed by atoms with E-state index in [1.165, 1.54) is 7.11 Å². The Morgan fingerprint density at radius 3 is 3.23 bits per heavy atom. The lowest BCUT2D eigenvalue weighted by atomic mass is 10.3. The van der Waals surface area contributed by atoms with Crippen LogP contribution in [0.5, 0.6) is 0 Å². The van der Waals surface area contributed by atoms with E-state index in [0.29, 0.717) is 13.2 Å². The Labute approximate surface area is 77.8 Å². The minimum absolute atomic E-state index is 0.0922. The predicted octanol–water partition coefficient (Wildman–Crippen LogP) is -1.26. The van der Waals surface area contributed by atoms with E-state index >= 15 is 0 Å². The molecule has 13 heavy (non-hydrogen) atoms. The van der Waals surface area contributed by atoms with Gasteiger partial charge >= 0.3 is 0 Å². The first-order valence-electron chi connectivity index (χ1n) is 4.41. The zero-order valence-electron chi connectivity index (χ0n) is 7.84. The quantitative estimate of drug-likeness (QED) is 0.578. The highest BCUT2D eigenvalue weighted by atomic mass is 16.5. The van der Waals surface area contributed by atoms with Crippen LogP contribution in [-0.4, -0.2) is 52.0 Å². The van der Waals surface area contributed by atoms with Crippen molar-refractivity contribution in [1.29, 1.82) is 0 Å². The van der Waals surface area contributed by atoms with E-state index in [1.807, 2.05) is 0 Å². The maximum atomic E-state index is 11.0. The molecule has 1 aliphatic heterocycles. The fourth-order valence-corrected chi connectivity index (χ4v) is 1.16. The molecule has 1 fully saturated rings. The summed E-state index contributed by atoms with van der Waals surface area (Å²) < 4.78 is 10.1. The summed E-state index contributed by atoms with van der Waals surface area (Å²) in [5, 5.41) is 5.91. The normalized spacial score (nSPS) is 22.7. The monoisotopic (exact) mass is 188 g/mol. The van der Waals surface area contributed by atoms with Gasteiger partial charge in [0.1, 0.15) is 6.61 Å². The van der Waals surface area contributed by atoms with Crippen LogP contribution in [-0.2, 0) is 14.3 Å². The Kier molecular flexibility index (Phi) is 4.74. The van der Waals surface area contributed by atoms with Crippen molar-refractivity contribution in [1.82, 2.24) is 10.6 Å². The summed E-state index contributed by atoms with van der Waals surface area (Å²) in [6, 6.07) is 0. The van der Waals surface area contributed by atoms with Crippen molar-refractivity contribution in [3.8, 4) is 0 Å². The highest BCUT2D eigenvalue weighted by Crippen LogP contribution is 1.93. The summed E-state index contributed by atoms with van der Waals surface area (Å²) in [5.41, 5.74) is 0. The Morgan fingerprint density at radius 1 is 1.77 bits per heavy atom. The smallest absolute Gasteiger partial charge is 0.246 e. The molecule has 2 N–H and O–H groups in total. The van der Waals surface area contributed by atoms with E-state index in [0.717, 1.165) is 13.1 Å². The van der Waals surface area contributed by atoms with Gasteiger partial charge in [-0.15, -0.1) is 0 Å². The van der Waals surface area contributed by atoms with Crippen molar-refractivity contribution in [2.24, 2.45) is 0 Å². The van der Waals surface area contributed by atoms with Crippen LogP contribution in [0.2, 0.25) is 0 Å². The third-order valence-electron chi connectivity index (χ3n) is 1.81. The molecule has 0 bridgehead atoms. The van der Waals surface area contributed by atoms with Gasteiger partial charge < -0.3 is 20.1 Å². The van der Waals surface area contributed by atoms with Gasteiger partial charge in [0.25, 0.3) is 0 Å². The van der Waals surface area contributed by atoms with Crippen LogP contribution in [0.4, 0.5) is 0 Å². The maximum absolute atomic E-state index is 11.0. The molecule has 0 aromatic carbocycles. The molecule has 1 heterocycles. The van der Waals surface area contributed by atoms with Crippen LogP contribution in [0.1, 0.15) is 0 Å². The van der Waals surface area contributed by atoms with Crippen LogP contribution in [0, 0.1) is 0 Å². The number of ether oxygens (including phenoxy) is 2. The van der Waals surface area contributed by atoms with Crippen LogP contribution < -0.4 is 10.6 Å². The lowest BCUT2D eigenvalue weighted by Crippen LogP contribution is -2.45. The molecule has 1 saturated heterocycles. The van der Waals surface area contributed by atoms with Crippen molar-refractivity contribution >= 4 is 5.91 Å². The number of hydrogen-bond donors (Lipinski definition) is 2. The number of amides is 1. The van der Waals surface area contributed by atoms with Crippen LogP contribution in [0.15, 0.2) is 0 Å². The first-order chi connectivity index (χ1) is 6.33. The van der Waals surface area contributed by atoms with Crippen LogP contribution in [0.3, 0.4) is 0 Å². The highest BCUT2D eigenvalue weighted by Gasteiger charge is 2.13. The maximum Gasteiger partial charge on any atom is 0.246 e. The number of morpholine rings is 1.